The number of benzene rings is 1. The summed E-state index contributed by atoms with van der Waals surface area (Å²) in [6, 6.07) is 7.46. The molecule has 0 saturated carbocycles. The molecule has 1 rings (SSSR count). The third-order valence-corrected chi connectivity index (χ3v) is 3.42. The fourth-order valence-corrected chi connectivity index (χ4v) is 2.15. The second kappa shape index (κ2) is 6.77. The number of rotatable bonds is 4. The fraction of sp³-hybridized carbons (Fsp3) is 0.273. The first-order valence-corrected chi connectivity index (χ1v) is 5.78. The highest BCUT2D eigenvalue weighted by Gasteiger charge is 2.06. The highest BCUT2D eigenvalue weighted by atomic mass is 35.5. The van der Waals surface area contributed by atoms with Crippen molar-refractivity contribution in [3.63, 3.8) is 0 Å². The molecule has 2 nitrogen and oxygen atoms in total. The molecular weight excluding hydrogens is 230 g/mol. The van der Waals surface area contributed by atoms with Crippen LogP contribution in [0.5, 0.6) is 0 Å². The van der Waals surface area contributed by atoms with Crippen LogP contribution in [0.25, 0.3) is 0 Å². The molecule has 1 aromatic rings. The molecule has 0 aromatic heterocycles. The van der Waals surface area contributed by atoms with Gasteiger partial charge in [0.2, 0.25) is 0 Å². The van der Waals surface area contributed by atoms with Gasteiger partial charge in [0.05, 0.1) is 10.8 Å². The Hall–Kier alpha value is -0.640. The van der Waals surface area contributed by atoms with Gasteiger partial charge in [-0.25, -0.2) is 0 Å². The monoisotopic (exact) mass is 245 g/mol. The van der Waals surface area contributed by atoms with E-state index in [1.807, 2.05) is 31.2 Å². The van der Waals surface area contributed by atoms with Crippen molar-refractivity contribution in [2.75, 3.05) is 5.75 Å². The zero-order valence-electron chi connectivity index (χ0n) is 8.68. The molecule has 4 heteroatoms. The molecule has 0 amide bonds. The van der Waals surface area contributed by atoms with Crippen molar-refractivity contribution in [3.05, 3.63) is 42.5 Å². The van der Waals surface area contributed by atoms with E-state index in [1.54, 1.807) is 6.08 Å². The van der Waals surface area contributed by atoms with Crippen molar-refractivity contribution < 1.29 is 4.21 Å². The van der Waals surface area contributed by atoms with Crippen LogP contribution in [0.4, 0.5) is 0 Å². The molecule has 0 aliphatic heterocycles. The van der Waals surface area contributed by atoms with Crippen molar-refractivity contribution in [2.24, 2.45) is 5.73 Å². The van der Waals surface area contributed by atoms with Crippen LogP contribution < -0.4 is 5.73 Å². The van der Waals surface area contributed by atoms with E-state index in [2.05, 4.69) is 6.58 Å². The number of nitrogens with two attached hydrogens (primary N) is 1. The van der Waals surface area contributed by atoms with Crippen LogP contribution in [-0.4, -0.2) is 16.0 Å². The minimum absolute atomic E-state index is 0. The number of hydrogen-bond donors (Lipinski definition) is 1. The van der Waals surface area contributed by atoms with Crippen LogP contribution in [0, 0.1) is 6.92 Å². The average Bonchev–Trinajstić information content (AvgIpc) is 2.18. The van der Waals surface area contributed by atoms with E-state index in [0.29, 0.717) is 5.75 Å². The molecule has 0 unspecified atom stereocenters. The van der Waals surface area contributed by atoms with Crippen LogP contribution in [0.2, 0.25) is 0 Å². The summed E-state index contributed by atoms with van der Waals surface area (Å²) in [6.45, 7) is 5.56. The van der Waals surface area contributed by atoms with Crippen molar-refractivity contribution >= 4 is 23.2 Å². The third kappa shape index (κ3) is 4.60. The summed E-state index contributed by atoms with van der Waals surface area (Å²) in [5, 5.41) is 0. The van der Waals surface area contributed by atoms with E-state index < -0.39 is 10.8 Å². The maximum absolute atomic E-state index is 11.7. The zero-order chi connectivity index (χ0) is 10.6. The smallest absolute Gasteiger partial charge is 0.0548 e. The summed E-state index contributed by atoms with van der Waals surface area (Å²) < 4.78 is 11.7. The van der Waals surface area contributed by atoms with Gasteiger partial charge >= 0.3 is 0 Å². The Morgan fingerprint density at radius 1 is 1.47 bits per heavy atom. The Kier molecular flexibility index (Phi) is 6.48. The van der Waals surface area contributed by atoms with Crippen LogP contribution >= 0.6 is 12.4 Å². The molecule has 2 N–H and O–H groups in total. The maximum Gasteiger partial charge on any atom is 0.0548 e. The molecule has 0 aliphatic carbocycles. The van der Waals surface area contributed by atoms with Gasteiger partial charge in [-0.2, -0.15) is 0 Å². The highest BCUT2D eigenvalue weighted by Crippen LogP contribution is 2.08. The van der Waals surface area contributed by atoms with E-state index in [9.17, 15) is 4.21 Å². The molecule has 0 spiro atoms. The van der Waals surface area contributed by atoms with Crippen LogP contribution in [-0.2, 0) is 10.8 Å². The maximum atomic E-state index is 11.7. The molecule has 84 valence electrons. The van der Waals surface area contributed by atoms with Crippen molar-refractivity contribution in [1.29, 1.82) is 0 Å². The second-order valence-corrected chi connectivity index (χ2v) is 4.72. The summed E-state index contributed by atoms with van der Waals surface area (Å²) in [5.74, 6) is 0.437. The lowest BCUT2D eigenvalue weighted by Gasteiger charge is -2.06. The summed E-state index contributed by atoms with van der Waals surface area (Å²) in [7, 11) is -1.02. The van der Waals surface area contributed by atoms with Gasteiger partial charge in [0, 0.05) is 16.7 Å². The van der Waals surface area contributed by atoms with Crippen LogP contribution in [0.3, 0.4) is 0 Å². The molecule has 0 heterocycles. The first kappa shape index (κ1) is 14.4. The van der Waals surface area contributed by atoms with E-state index in [-0.39, 0.29) is 18.4 Å². The minimum atomic E-state index is -1.02. The predicted octanol–water partition coefficient (Wildman–Crippen LogP) is 2.04. The Labute approximate surface area is 99.4 Å². The Morgan fingerprint density at radius 3 is 2.47 bits per heavy atom. The quantitative estimate of drug-likeness (QED) is 0.825. The van der Waals surface area contributed by atoms with Gasteiger partial charge < -0.3 is 5.73 Å². The zero-order valence-corrected chi connectivity index (χ0v) is 10.3. The van der Waals surface area contributed by atoms with E-state index in [1.165, 1.54) is 5.56 Å². The van der Waals surface area contributed by atoms with Gasteiger partial charge in [-0.05, 0) is 19.1 Å². The summed E-state index contributed by atoms with van der Waals surface area (Å²) >= 11 is 0. The first-order chi connectivity index (χ1) is 6.63. The Balaban J connectivity index is 0.00000196. The fourth-order valence-electron chi connectivity index (χ4n) is 1.03. The lowest BCUT2D eigenvalue weighted by Crippen LogP contribution is -2.24. The first-order valence-electron chi connectivity index (χ1n) is 4.46. The standard InChI is InChI=1S/C11H15NOS.ClH/c1-3-10(12)8-14(13)11-6-4-9(2)5-7-11;/h3-7,10H,1,8,12H2,2H3;1H/t10-,14-;/m1./s1. The number of halogens is 1. The summed E-state index contributed by atoms with van der Waals surface area (Å²) in [4.78, 5) is 0.827. The number of hydrogen-bond acceptors (Lipinski definition) is 2. The average molecular weight is 246 g/mol. The van der Waals surface area contributed by atoms with Gasteiger partial charge in [0.1, 0.15) is 0 Å². The topological polar surface area (TPSA) is 43.1 Å². The molecule has 15 heavy (non-hydrogen) atoms. The molecule has 2 atom stereocenters. The van der Waals surface area contributed by atoms with E-state index in [4.69, 9.17) is 5.73 Å². The van der Waals surface area contributed by atoms with Gasteiger partial charge in [0.15, 0.2) is 0 Å². The van der Waals surface area contributed by atoms with Crippen molar-refractivity contribution in [1.82, 2.24) is 0 Å². The minimum Gasteiger partial charge on any atom is -0.324 e. The molecular formula is C11H16ClNOS. The summed E-state index contributed by atoms with van der Waals surface area (Å²) in [6.07, 6.45) is 1.62. The largest absolute Gasteiger partial charge is 0.324 e. The second-order valence-electron chi connectivity index (χ2n) is 3.22. The van der Waals surface area contributed by atoms with Crippen LogP contribution in [0.1, 0.15) is 5.56 Å². The normalized spacial score (nSPS) is 13.7. The molecule has 0 fully saturated rings. The third-order valence-electron chi connectivity index (χ3n) is 1.93. The van der Waals surface area contributed by atoms with E-state index in [0.717, 1.165) is 4.90 Å². The van der Waals surface area contributed by atoms with Gasteiger partial charge in [-0.15, -0.1) is 19.0 Å². The lowest BCUT2D eigenvalue weighted by molar-refractivity contribution is 0.680. The highest BCUT2D eigenvalue weighted by molar-refractivity contribution is 7.85. The van der Waals surface area contributed by atoms with E-state index >= 15 is 0 Å². The predicted molar refractivity (Wildman–Crippen MR) is 67.9 cm³/mol. The molecule has 0 aliphatic rings. The van der Waals surface area contributed by atoms with Gasteiger partial charge in [-0.1, -0.05) is 23.8 Å². The molecule has 0 bridgehead atoms. The number of aryl methyl sites for hydroxylation is 1. The molecule has 0 saturated heterocycles. The van der Waals surface area contributed by atoms with Crippen molar-refractivity contribution in [2.45, 2.75) is 17.9 Å². The van der Waals surface area contributed by atoms with Crippen LogP contribution in [0.15, 0.2) is 41.8 Å². The summed E-state index contributed by atoms with van der Waals surface area (Å²) in [5.41, 5.74) is 6.80. The Bertz CT molecular complexity index is 337. The molecule has 0 radical (unpaired) electrons. The van der Waals surface area contributed by atoms with Gasteiger partial charge in [-0.3, -0.25) is 4.21 Å². The van der Waals surface area contributed by atoms with Crippen molar-refractivity contribution in [3.8, 4) is 0 Å². The SMILES string of the molecule is C=C[C@@H](N)C[S@@](=O)c1ccc(C)cc1.Cl. The Morgan fingerprint density at radius 2 is 2.00 bits per heavy atom. The molecule has 1 aromatic carbocycles. The van der Waals surface area contributed by atoms with Gasteiger partial charge in [0.25, 0.3) is 0 Å². The lowest BCUT2D eigenvalue weighted by atomic mass is 10.2.